The van der Waals surface area contributed by atoms with Gasteiger partial charge >= 0.3 is 6.09 Å². The Labute approximate surface area is 188 Å². The average molecular weight is 444 g/mol. The first-order valence-electron chi connectivity index (χ1n) is 10.2. The summed E-state index contributed by atoms with van der Waals surface area (Å²) in [4.78, 5) is 23.0. The van der Waals surface area contributed by atoms with Crippen LogP contribution in [0.5, 0.6) is 0 Å². The number of benzene rings is 2. The highest BCUT2D eigenvalue weighted by Crippen LogP contribution is 2.28. The Morgan fingerprint density at radius 1 is 1.12 bits per heavy atom. The molecular weight excluding hydrogens is 413 g/mol. The number of hydrogen-bond donors (Lipinski definition) is 2. The Bertz CT molecular complexity index is 908. The van der Waals surface area contributed by atoms with Crippen molar-refractivity contribution in [2.24, 2.45) is 0 Å². The molecule has 2 aromatic rings. The van der Waals surface area contributed by atoms with E-state index in [1.807, 2.05) is 18.2 Å². The lowest BCUT2D eigenvalue weighted by molar-refractivity contribution is -0.128. The molecule has 0 spiro atoms. The van der Waals surface area contributed by atoms with Gasteiger partial charge in [-0.25, -0.2) is 9.18 Å². The molecule has 0 radical (unpaired) electrons. The predicted octanol–water partition coefficient (Wildman–Crippen LogP) is 4.65. The van der Waals surface area contributed by atoms with Crippen molar-refractivity contribution in [3.8, 4) is 11.8 Å². The lowest BCUT2D eigenvalue weighted by Crippen LogP contribution is -2.23. The average Bonchev–Trinajstić information content (AvgIpc) is 2.79. The fourth-order valence-electron chi connectivity index (χ4n) is 2.61. The number of rotatable bonds is 9. The third-order valence-electron chi connectivity index (χ3n) is 4.12. The number of amides is 1. The van der Waals surface area contributed by atoms with Crippen LogP contribution in [0.4, 0.5) is 26.2 Å². The zero-order valence-electron chi connectivity index (χ0n) is 18.9. The van der Waals surface area contributed by atoms with Crippen LogP contribution < -0.4 is 15.5 Å². The van der Waals surface area contributed by atoms with Crippen molar-refractivity contribution in [1.82, 2.24) is 0 Å². The molecular formula is C24H30FN3O4. The highest BCUT2D eigenvalue weighted by molar-refractivity contribution is 5.90. The minimum atomic E-state index is -0.498. The second-order valence-electron chi connectivity index (χ2n) is 6.29. The molecule has 0 aliphatic rings. The summed E-state index contributed by atoms with van der Waals surface area (Å²) in [5, 5.41) is 5.80. The molecule has 0 aromatic heterocycles. The van der Waals surface area contributed by atoms with Gasteiger partial charge in [0.2, 0.25) is 0 Å². The van der Waals surface area contributed by atoms with E-state index in [0.29, 0.717) is 38.5 Å². The van der Waals surface area contributed by atoms with Crippen LogP contribution in [0, 0.1) is 17.7 Å². The van der Waals surface area contributed by atoms with Crippen LogP contribution >= 0.6 is 0 Å². The molecule has 0 saturated heterocycles. The summed E-state index contributed by atoms with van der Waals surface area (Å²) >= 11 is 0. The molecule has 2 rings (SSSR count). The van der Waals surface area contributed by atoms with Crippen LogP contribution in [0.1, 0.15) is 26.3 Å². The highest BCUT2D eigenvalue weighted by atomic mass is 19.1. The molecule has 0 aliphatic carbocycles. The van der Waals surface area contributed by atoms with Gasteiger partial charge in [0.25, 0.3) is 6.47 Å². The largest absolute Gasteiger partial charge is 0.468 e. The summed E-state index contributed by atoms with van der Waals surface area (Å²) in [6.45, 7) is 7.63. The fraction of sp³-hybridized carbons (Fsp3) is 0.333. The Hall–Kier alpha value is -3.73. The normalized spacial score (nSPS) is 9.28. The SMILES string of the molecule is CC#CCN(Cc1ccc(F)cc1)c1ccc(NC(=O)OCC)c(NC)c1.CCOC=O. The van der Waals surface area contributed by atoms with E-state index in [2.05, 4.69) is 32.1 Å². The summed E-state index contributed by atoms with van der Waals surface area (Å²) in [7, 11) is 1.78. The Morgan fingerprint density at radius 3 is 2.38 bits per heavy atom. The molecule has 0 bridgehead atoms. The van der Waals surface area contributed by atoms with Gasteiger partial charge in [-0.2, -0.15) is 0 Å². The van der Waals surface area contributed by atoms with Gasteiger partial charge < -0.3 is 19.7 Å². The molecule has 7 nitrogen and oxygen atoms in total. The topological polar surface area (TPSA) is 79.9 Å². The third-order valence-corrected chi connectivity index (χ3v) is 4.12. The number of anilines is 3. The van der Waals surface area contributed by atoms with E-state index in [0.717, 1.165) is 16.9 Å². The number of halogens is 1. The van der Waals surface area contributed by atoms with Gasteiger partial charge in [0.15, 0.2) is 0 Å². The van der Waals surface area contributed by atoms with Crippen molar-refractivity contribution in [1.29, 1.82) is 0 Å². The number of carbonyl (C=O) groups is 2. The van der Waals surface area contributed by atoms with Gasteiger partial charge in [-0.1, -0.05) is 18.1 Å². The Morgan fingerprint density at radius 2 is 1.84 bits per heavy atom. The van der Waals surface area contributed by atoms with Gasteiger partial charge in [0.05, 0.1) is 31.1 Å². The number of nitrogens with one attached hydrogen (secondary N) is 2. The number of ether oxygens (including phenoxy) is 2. The maximum absolute atomic E-state index is 13.2. The maximum Gasteiger partial charge on any atom is 0.411 e. The molecule has 8 heteroatoms. The lowest BCUT2D eigenvalue weighted by atomic mass is 10.1. The smallest absolute Gasteiger partial charge is 0.411 e. The molecule has 0 heterocycles. The van der Waals surface area contributed by atoms with Crippen molar-refractivity contribution in [2.75, 3.05) is 42.3 Å². The summed E-state index contributed by atoms with van der Waals surface area (Å²) in [5.74, 6) is 5.71. The quantitative estimate of drug-likeness (QED) is 0.434. The summed E-state index contributed by atoms with van der Waals surface area (Å²) in [5.41, 5.74) is 3.30. The van der Waals surface area contributed by atoms with Crippen molar-refractivity contribution in [3.05, 3.63) is 53.8 Å². The van der Waals surface area contributed by atoms with E-state index >= 15 is 0 Å². The van der Waals surface area contributed by atoms with Gasteiger partial charge in [0.1, 0.15) is 5.82 Å². The van der Waals surface area contributed by atoms with Crippen LogP contribution in [0.3, 0.4) is 0 Å². The van der Waals surface area contributed by atoms with Crippen LogP contribution in [0.25, 0.3) is 0 Å². The van der Waals surface area contributed by atoms with Crippen LogP contribution in [-0.2, 0) is 20.8 Å². The summed E-state index contributed by atoms with van der Waals surface area (Å²) < 4.78 is 22.2. The highest BCUT2D eigenvalue weighted by Gasteiger charge is 2.12. The van der Waals surface area contributed by atoms with E-state index in [-0.39, 0.29) is 5.82 Å². The van der Waals surface area contributed by atoms with Crippen LogP contribution in [0.15, 0.2) is 42.5 Å². The van der Waals surface area contributed by atoms with Gasteiger partial charge in [-0.05, 0) is 56.7 Å². The van der Waals surface area contributed by atoms with Crippen molar-refractivity contribution in [2.45, 2.75) is 27.3 Å². The first-order valence-corrected chi connectivity index (χ1v) is 10.2. The molecule has 0 aliphatic heterocycles. The number of hydrogen-bond acceptors (Lipinski definition) is 6. The molecule has 172 valence electrons. The Balaban J connectivity index is 0.000000920. The van der Waals surface area contributed by atoms with Crippen LogP contribution in [0.2, 0.25) is 0 Å². The van der Waals surface area contributed by atoms with Gasteiger partial charge in [-0.15, -0.1) is 5.92 Å². The van der Waals surface area contributed by atoms with Gasteiger partial charge in [0, 0.05) is 19.3 Å². The minimum absolute atomic E-state index is 0.259. The molecule has 1 amide bonds. The lowest BCUT2D eigenvalue weighted by Gasteiger charge is -2.24. The first-order chi connectivity index (χ1) is 15.5. The standard InChI is InChI=1S/C21H24FN3O2.C3H6O2/c1-4-6-13-25(15-16-7-9-17(22)10-8-16)18-11-12-19(20(14-18)23-3)24-21(26)27-5-2;1-2-5-3-4/h7-12,14,23H,5,13,15H2,1-3H3,(H,24,26);3H,2H2,1H3. The second-order valence-corrected chi connectivity index (χ2v) is 6.29. The van der Waals surface area contributed by atoms with E-state index in [4.69, 9.17) is 4.74 Å². The maximum atomic E-state index is 13.2. The van der Waals surface area contributed by atoms with Crippen molar-refractivity contribution in [3.63, 3.8) is 0 Å². The molecule has 2 N–H and O–H groups in total. The van der Waals surface area contributed by atoms with Crippen molar-refractivity contribution >= 4 is 29.6 Å². The zero-order valence-corrected chi connectivity index (χ0v) is 18.9. The van der Waals surface area contributed by atoms with E-state index in [9.17, 15) is 14.0 Å². The van der Waals surface area contributed by atoms with Gasteiger partial charge in [-0.3, -0.25) is 10.1 Å². The van der Waals surface area contributed by atoms with E-state index in [1.54, 1.807) is 40.0 Å². The first kappa shape index (κ1) is 26.3. The minimum Gasteiger partial charge on any atom is -0.468 e. The molecule has 0 atom stereocenters. The monoisotopic (exact) mass is 443 g/mol. The molecule has 0 fully saturated rings. The van der Waals surface area contributed by atoms with E-state index in [1.165, 1.54) is 12.1 Å². The van der Waals surface area contributed by atoms with Crippen LogP contribution in [-0.4, -0.2) is 39.4 Å². The van der Waals surface area contributed by atoms with E-state index < -0.39 is 6.09 Å². The fourth-order valence-corrected chi connectivity index (χ4v) is 2.61. The number of nitrogens with zero attached hydrogens (tertiary/aromatic N) is 1. The molecule has 0 unspecified atom stereocenters. The Kier molecular flexibility index (Phi) is 12.4. The zero-order chi connectivity index (χ0) is 23.8. The summed E-state index contributed by atoms with van der Waals surface area (Å²) in [6.07, 6.45) is -0.498. The molecule has 0 saturated carbocycles. The van der Waals surface area contributed by atoms with Crippen molar-refractivity contribution < 1.29 is 23.5 Å². The summed E-state index contributed by atoms with van der Waals surface area (Å²) in [6, 6.07) is 12.1. The second kappa shape index (κ2) is 15.1. The number of carbonyl (C=O) groups excluding carboxylic acids is 2. The third kappa shape index (κ3) is 9.39. The molecule has 32 heavy (non-hydrogen) atoms. The molecule has 2 aromatic carbocycles. The predicted molar refractivity (Wildman–Crippen MR) is 125 cm³/mol.